The molecular formula is C19H20N4OS. The first-order valence-corrected chi connectivity index (χ1v) is 9.47. The molecule has 1 fully saturated rings. The van der Waals surface area contributed by atoms with Crippen molar-refractivity contribution < 1.29 is 4.79 Å². The van der Waals surface area contributed by atoms with Crippen LogP contribution in [0.5, 0.6) is 0 Å². The summed E-state index contributed by atoms with van der Waals surface area (Å²) in [5, 5.41) is 3.88. The number of imidazole rings is 1. The predicted molar refractivity (Wildman–Crippen MR) is 97.8 cm³/mol. The second-order valence-electron chi connectivity index (χ2n) is 6.38. The zero-order valence-corrected chi connectivity index (χ0v) is 14.7. The average Bonchev–Trinajstić information content (AvgIpc) is 3.34. The van der Waals surface area contributed by atoms with E-state index in [9.17, 15) is 4.79 Å². The van der Waals surface area contributed by atoms with Crippen molar-refractivity contribution in [3.8, 4) is 0 Å². The van der Waals surface area contributed by atoms with Crippen LogP contribution in [-0.2, 0) is 6.54 Å². The molecule has 1 atom stereocenters. The van der Waals surface area contributed by atoms with E-state index in [4.69, 9.17) is 0 Å². The van der Waals surface area contributed by atoms with Crippen molar-refractivity contribution >= 4 is 17.2 Å². The Morgan fingerprint density at radius 1 is 1.32 bits per heavy atom. The molecule has 128 valence electrons. The second-order valence-corrected chi connectivity index (χ2v) is 7.16. The molecule has 0 spiro atoms. The summed E-state index contributed by atoms with van der Waals surface area (Å²) in [5.41, 5.74) is 1.95. The first kappa shape index (κ1) is 16.0. The van der Waals surface area contributed by atoms with Crippen LogP contribution >= 0.6 is 11.3 Å². The lowest BCUT2D eigenvalue weighted by atomic mass is 9.96. The monoisotopic (exact) mass is 352 g/mol. The van der Waals surface area contributed by atoms with E-state index in [1.165, 1.54) is 0 Å². The Balaban J connectivity index is 1.50. The molecule has 1 aliphatic rings. The summed E-state index contributed by atoms with van der Waals surface area (Å²) in [6, 6.07) is 5.93. The number of pyridine rings is 1. The van der Waals surface area contributed by atoms with Crippen LogP contribution in [0.4, 0.5) is 0 Å². The van der Waals surface area contributed by atoms with Crippen molar-refractivity contribution in [2.75, 3.05) is 13.1 Å². The van der Waals surface area contributed by atoms with Gasteiger partial charge in [0, 0.05) is 49.2 Å². The number of carbonyl (C=O) groups is 1. The predicted octanol–water partition coefficient (Wildman–Crippen LogP) is 3.41. The zero-order valence-electron chi connectivity index (χ0n) is 13.9. The van der Waals surface area contributed by atoms with Gasteiger partial charge < -0.3 is 9.47 Å². The summed E-state index contributed by atoms with van der Waals surface area (Å²) in [6.07, 6.45) is 9.62. The highest BCUT2D eigenvalue weighted by atomic mass is 32.1. The van der Waals surface area contributed by atoms with Crippen molar-refractivity contribution in [2.45, 2.75) is 25.3 Å². The van der Waals surface area contributed by atoms with Crippen molar-refractivity contribution in [1.82, 2.24) is 19.4 Å². The molecule has 0 saturated carbocycles. The van der Waals surface area contributed by atoms with Gasteiger partial charge in [-0.15, -0.1) is 0 Å². The van der Waals surface area contributed by atoms with Gasteiger partial charge in [-0.2, -0.15) is 11.3 Å². The van der Waals surface area contributed by atoms with E-state index < -0.39 is 0 Å². The van der Waals surface area contributed by atoms with E-state index in [1.807, 2.05) is 46.4 Å². The lowest BCUT2D eigenvalue weighted by Crippen LogP contribution is -2.39. The Hall–Kier alpha value is -2.47. The molecule has 1 amide bonds. The van der Waals surface area contributed by atoms with E-state index in [2.05, 4.69) is 20.6 Å². The number of hydrogen-bond donors (Lipinski definition) is 0. The maximum Gasteiger partial charge on any atom is 0.254 e. The molecule has 0 bridgehead atoms. The van der Waals surface area contributed by atoms with Gasteiger partial charge in [-0.05, 0) is 35.9 Å². The highest BCUT2D eigenvalue weighted by Gasteiger charge is 2.28. The Morgan fingerprint density at radius 3 is 3.08 bits per heavy atom. The third-order valence-corrected chi connectivity index (χ3v) is 5.35. The molecule has 0 unspecified atom stereocenters. The van der Waals surface area contributed by atoms with Crippen LogP contribution in [0.15, 0.2) is 53.7 Å². The van der Waals surface area contributed by atoms with Gasteiger partial charge in [-0.25, -0.2) is 4.98 Å². The Labute approximate surface area is 151 Å². The number of aromatic nitrogens is 3. The summed E-state index contributed by atoms with van der Waals surface area (Å²) >= 11 is 1.56. The van der Waals surface area contributed by atoms with Crippen molar-refractivity contribution in [3.63, 3.8) is 0 Å². The van der Waals surface area contributed by atoms with E-state index in [0.29, 0.717) is 0 Å². The fourth-order valence-corrected chi connectivity index (χ4v) is 4.07. The molecule has 0 aliphatic carbocycles. The van der Waals surface area contributed by atoms with Gasteiger partial charge in [0.15, 0.2) is 0 Å². The smallest absolute Gasteiger partial charge is 0.254 e. The second kappa shape index (κ2) is 7.19. The van der Waals surface area contributed by atoms with Crippen LogP contribution in [0.25, 0.3) is 0 Å². The fourth-order valence-electron chi connectivity index (χ4n) is 3.44. The van der Waals surface area contributed by atoms with Gasteiger partial charge in [0.2, 0.25) is 0 Å². The molecule has 4 rings (SSSR count). The molecule has 0 radical (unpaired) electrons. The number of rotatable bonds is 4. The molecule has 25 heavy (non-hydrogen) atoms. The highest BCUT2D eigenvalue weighted by molar-refractivity contribution is 7.08. The Kier molecular flexibility index (Phi) is 4.61. The maximum absolute atomic E-state index is 12.6. The summed E-state index contributed by atoms with van der Waals surface area (Å²) in [6.45, 7) is 2.32. The molecule has 5 nitrogen and oxygen atoms in total. The lowest BCUT2D eigenvalue weighted by molar-refractivity contribution is 0.0704. The van der Waals surface area contributed by atoms with Crippen LogP contribution < -0.4 is 0 Å². The SMILES string of the molecule is O=C(c1ccsc1)N1CCC[C@@H](c2nccn2Cc2cccnc2)C1. The largest absolute Gasteiger partial charge is 0.338 e. The minimum absolute atomic E-state index is 0.135. The Morgan fingerprint density at radius 2 is 2.28 bits per heavy atom. The lowest BCUT2D eigenvalue weighted by Gasteiger charge is -2.32. The van der Waals surface area contributed by atoms with Gasteiger partial charge in [0.1, 0.15) is 5.82 Å². The van der Waals surface area contributed by atoms with E-state index >= 15 is 0 Å². The first-order valence-electron chi connectivity index (χ1n) is 8.52. The third kappa shape index (κ3) is 3.49. The third-order valence-electron chi connectivity index (χ3n) is 4.67. The summed E-state index contributed by atoms with van der Waals surface area (Å²) in [4.78, 5) is 23.4. The van der Waals surface area contributed by atoms with Crippen LogP contribution in [0, 0.1) is 0 Å². The van der Waals surface area contributed by atoms with Crippen LogP contribution in [-0.4, -0.2) is 38.4 Å². The molecule has 1 saturated heterocycles. The Bertz CT molecular complexity index is 828. The van der Waals surface area contributed by atoms with Gasteiger partial charge in [-0.3, -0.25) is 9.78 Å². The standard InChI is InChI=1S/C19H20N4OS/c24-19(17-5-10-25-14-17)23-8-2-4-16(13-23)18-21-7-9-22(18)12-15-3-1-6-20-11-15/h1,3,5-7,9-11,14,16H,2,4,8,12-13H2/t16-/m1/s1. The molecule has 1 aliphatic heterocycles. The zero-order chi connectivity index (χ0) is 17.1. The van der Waals surface area contributed by atoms with Gasteiger partial charge in [0.05, 0.1) is 12.1 Å². The quantitative estimate of drug-likeness (QED) is 0.723. The van der Waals surface area contributed by atoms with Crippen LogP contribution in [0.1, 0.15) is 40.5 Å². The average molecular weight is 352 g/mol. The number of amides is 1. The minimum Gasteiger partial charge on any atom is -0.338 e. The van der Waals surface area contributed by atoms with Crippen LogP contribution in [0.2, 0.25) is 0 Å². The van der Waals surface area contributed by atoms with E-state index in [1.54, 1.807) is 17.5 Å². The van der Waals surface area contributed by atoms with Gasteiger partial charge in [0.25, 0.3) is 5.91 Å². The molecule has 3 aromatic heterocycles. The molecule has 4 heterocycles. The topological polar surface area (TPSA) is 51.0 Å². The molecule has 6 heteroatoms. The van der Waals surface area contributed by atoms with Crippen molar-refractivity contribution in [1.29, 1.82) is 0 Å². The minimum atomic E-state index is 0.135. The number of nitrogens with zero attached hydrogens (tertiary/aromatic N) is 4. The summed E-state index contributed by atoms with van der Waals surface area (Å²) in [7, 11) is 0. The normalized spacial score (nSPS) is 17.6. The number of piperidine rings is 1. The maximum atomic E-state index is 12.6. The summed E-state index contributed by atoms with van der Waals surface area (Å²) in [5.74, 6) is 1.48. The molecule has 3 aromatic rings. The van der Waals surface area contributed by atoms with Crippen molar-refractivity contribution in [2.24, 2.45) is 0 Å². The molecule has 0 N–H and O–H groups in total. The molecular weight excluding hydrogens is 332 g/mol. The molecule has 0 aromatic carbocycles. The fraction of sp³-hybridized carbons (Fsp3) is 0.316. The van der Waals surface area contributed by atoms with Crippen LogP contribution in [0.3, 0.4) is 0 Å². The highest BCUT2D eigenvalue weighted by Crippen LogP contribution is 2.27. The number of carbonyl (C=O) groups excluding carboxylic acids is 1. The van der Waals surface area contributed by atoms with Gasteiger partial charge in [-0.1, -0.05) is 6.07 Å². The first-order chi connectivity index (χ1) is 12.3. The summed E-state index contributed by atoms with van der Waals surface area (Å²) < 4.78 is 2.18. The number of likely N-dealkylation sites (tertiary alicyclic amines) is 1. The van der Waals surface area contributed by atoms with Crippen molar-refractivity contribution in [3.05, 3.63) is 70.7 Å². The number of thiophene rings is 1. The van der Waals surface area contributed by atoms with E-state index in [-0.39, 0.29) is 11.8 Å². The number of hydrogen-bond acceptors (Lipinski definition) is 4. The van der Waals surface area contributed by atoms with Gasteiger partial charge >= 0.3 is 0 Å². The van der Waals surface area contributed by atoms with E-state index in [0.717, 1.165) is 49.4 Å².